The van der Waals surface area contributed by atoms with Gasteiger partial charge in [-0.1, -0.05) is 74.7 Å². The Balaban J connectivity index is 3.26. The predicted molar refractivity (Wildman–Crippen MR) is 126 cm³/mol. The number of hydrogen-bond donors (Lipinski definition) is 2. The summed E-state index contributed by atoms with van der Waals surface area (Å²) in [5, 5.41) is 11.0. The average Bonchev–Trinajstić information content (AvgIpc) is 2.58. The minimum atomic E-state index is -0.309. The Morgan fingerprint density at radius 2 is 1.45 bits per heavy atom. The lowest BCUT2D eigenvalue weighted by atomic mass is 9.77. The summed E-state index contributed by atoms with van der Waals surface area (Å²) < 4.78 is 5.79. The number of rotatable bonds is 9. The number of ether oxygens (including phenoxy) is 1. The van der Waals surface area contributed by atoms with Crippen LogP contribution in [0.15, 0.2) is 12.1 Å². The van der Waals surface area contributed by atoms with Crippen LogP contribution < -0.4 is 0 Å². The monoisotopic (exact) mass is 422 g/mol. The maximum absolute atomic E-state index is 12.1. The molecule has 1 aromatic carbocycles. The third-order valence-corrected chi connectivity index (χ3v) is 5.53. The van der Waals surface area contributed by atoms with Gasteiger partial charge in [0.2, 0.25) is 0 Å². The molecular weight excluding hydrogens is 380 g/mol. The Bertz CT molecular complexity index is 631. The van der Waals surface area contributed by atoms with Gasteiger partial charge in [0.1, 0.15) is 11.9 Å². The molecule has 0 radical (unpaired) electrons. The molecule has 0 saturated carbocycles. The molecule has 1 aromatic rings. The average molecular weight is 423 g/mol. The number of carbonyl (C=O) groups is 1. The van der Waals surface area contributed by atoms with E-state index in [4.69, 9.17) is 4.74 Å². The van der Waals surface area contributed by atoms with E-state index in [-0.39, 0.29) is 28.7 Å². The Morgan fingerprint density at radius 1 is 0.966 bits per heavy atom. The van der Waals surface area contributed by atoms with Gasteiger partial charge >= 0.3 is 5.97 Å². The molecule has 1 N–H and O–H groups in total. The SMILES string of the molecule is CC(C)CCCCCC(OC(=O)CS)c1cc(C(C)(C)C)c(O)c(C(C)(C)C)c1. The van der Waals surface area contributed by atoms with Crippen molar-refractivity contribution in [3.63, 3.8) is 0 Å². The first-order chi connectivity index (χ1) is 13.3. The summed E-state index contributed by atoms with van der Waals surface area (Å²) >= 11 is 4.08. The Labute approximate surface area is 184 Å². The van der Waals surface area contributed by atoms with Gasteiger partial charge in [0, 0.05) is 0 Å². The first-order valence-corrected chi connectivity index (χ1v) is 11.6. The molecule has 3 nitrogen and oxygen atoms in total. The van der Waals surface area contributed by atoms with Gasteiger partial charge in [-0.3, -0.25) is 4.79 Å². The highest BCUT2D eigenvalue weighted by molar-refractivity contribution is 7.81. The molecule has 0 aliphatic heterocycles. The van der Waals surface area contributed by atoms with Crippen molar-refractivity contribution in [3.05, 3.63) is 28.8 Å². The Morgan fingerprint density at radius 3 is 1.86 bits per heavy atom. The van der Waals surface area contributed by atoms with Gasteiger partial charge in [0.05, 0.1) is 5.75 Å². The molecule has 166 valence electrons. The third-order valence-electron chi connectivity index (χ3n) is 5.27. The summed E-state index contributed by atoms with van der Waals surface area (Å²) in [4.78, 5) is 12.1. The van der Waals surface area contributed by atoms with E-state index < -0.39 is 0 Å². The molecule has 0 spiro atoms. The van der Waals surface area contributed by atoms with Crippen molar-refractivity contribution < 1.29 is 14.6 Å². The fraction of sp³-hybridized carbons (Fsp3) is 0.720. The molecule has 0 aliphatic rings. The summed E-state index contributed by atoms with van der Waals surface area (Å²) in [5.74, 6) is 0.835. The summed E-state index contributed by atoms with van der Waals surface area (Å²) in [6, 6.07) is 4.05. The standard InChI is InChI=1S/C25H42O3S/c1-17(2)12-10-9-11-13-21(28-22(26)16-29)18-14-19(24(3,4)5)23(27)20(15-18)25(6,7)8/h14-15,17,21,27,29H,9-13,16H2,1-8H3. The number of benzene rings is 1. The molecule has 1 rings (SSSR count). The van der Waals surface area contributed by atoms with Crippen molar-refractivity contribution in [2.24, 2.45) is 5.92 Å². The zero-order valence-electron chi connectivity index (χ0n) is 19.8. The first kappa shape index (κ1) is 25.9. The minimum absolute atomic E-state index is 0.0696. The largest absolute Gasteiger partial charge is 0.507 e. The number of aromatic hydroxyl groups is 1. The number of thiol groups is 1. The number of carbonyl (C=O) groups excluding carboxylic acids is 1. The normalized spacial score (nSPS) is 13.6. The van der Waals surface area contributed by atoms with Crippen LogP contribution in [0.4, 0.5) is 0 Å². The van der Waals surface area contributed by atoms with E-state index in [0.717, 1.165) is 36.0 Å². The van der Waals surface area contributed by atoms with Crippen molar-refractivity contribution in [1.29, 1.82) is 0 Å². The van der Waals surface area contributed by atoms with Crippen LogP contribution in [0.2, 0.25) is 0 Å². The molecule has 0 bridgehead atoms. The van der Waals surface area contributed by atoms with E-state index in [9.17, 15) is 9.90 Å². The molecule has 0 fully saturated rings. The van der Waals surface area contributed by atoms with Gasteiger partial charge in [0.15, 0.2) is 0 Å². The van der Waals surface area contributed by atoms with E-state index in [1.165, 1.54) is 12.8 Å². The second kappa shape index (κ2) is 10.7. The van der Waals surface area contributed by atoms with Gasteiger partial charge in [-0.2, -0.15) is 12.6 Å². The van der Waals surface area contributed by atoms with Crippen LogP contribution in [0, 0.1) is 5.92 Å². The topological polar surface area (TPSA) is 46.5 Å². The lowest BCUT2D eigenvalue weighted by molar-refractivity contribution is -0.146. The zero-order chi connectivity index (χ0) is 22.4. The molecule has 0 amide bonds. The van der Waals surface area contributed by atoms with E-state index in [1.807, 2.05) is 12.1 Å². The maximum Gasteiger partial charge on any atom is 0.316 e. The molecule has 0 aromatic heterocycles. The summed E-state index contributed by atoms with van der Waals surface area (Å²) in [6.07, 6.45) is 5.03. The summed E-state index contributed by atoms with van der Waals surface area (Å²) in [5.41, 5.74) is 2.33. The fourth-order valence-corrected chi connectivity index (χ4v) is 3.61. The Kier molecular flexibility index (Phi) is 9.59. The van der Waals surface area contributed by atoms with Crippen LogP contribution >= 0.6 is 12.6 Å². The third kappa shape index (κ3) is 8.24. The van der Waals surface area contributed by atoms with Crippen molar-refractivity contribution in [3.8, 4) is 5.75 Å². The molecule has 29 heavy (non-hydrogen) atoms. The van der Waals surface area contributed by atoms with Gasteiger partial charge in [-0.25, -0.2) is 0 Å². The van der Waals surface area contributed by atoms with Crippen LogP contribution in [0.3, 0.4) is 0 Å². The van der Waals surface area contributed by atoms with E-state index in [0.29, 0.717) is 11.7 Å². The minimum Gasteiger partial charge on any atom is -0.507 e. The number of unbranched alkanes of at least 4 members (excludes halogenated alkanes) is 2. The molecule has 0 heterocycles. The van der Waals surface area contributed by atoms with E-state index in [1.54, 1.807) is 0 Å². The molecule has 1 atom stereocenters. The lowest BCUT2D eigenvalue weighted by Gasteiger charge is -2.30. The summed E-state index contributed by atoms with van der Waals surface area (Å²) in [6.45, 7) is 17.1. The van der Waals surface area contributed by atoms with Crippen LogP contribution in [0.25, 0.3) is 0 Å². The number of hydrogen-bond acceptors (Lipinski definition) is 4. The smallest absolute Gasteiger partial charge is 0.316 e. The highest BCUT2D eigenvalue weighted by Crippen LogP contribution is 2.42. The Hall–Kier alpha value is -1.16. The summed E-state index contributed by atoms with van der Waals surface area (Å²) in [7, 11) is 0. The molecule has 4 heteroatoms. The first-order valence-electron chi connectivity index (χ1n) is 11.0. The van der Waals surface area contributed by atoms with Crippen LogP contribution in [-0.4, -0.2) is 16.8 Å². The van der Waals surface area contributed by atoms with Crippen LogP contribution in [-0.2, 0) is 20.4 Å². The van der Waals surface area contributed by atoms with Crippen molar-refractivity contribution in [2.45, 2.75) is 104 Å². The quantitative estimate of drug-likeness (QED) is 0.253. The second-order valence-electron chi connectivity index (χ2n) is 10.6. The lowest BCUT2D eigenvalue weighted by Crippen LogP contribution is -2.20. The fourth-order valence-electron chi connectivity index (χ4n) is 3.53. The predicted octanol–water partition coefficient (Wildman–Crippen LogP) is 7.11. The van der Waals surface area contributed by atoms with Crippen molar-refractivity contribution in [1.82, 2.24) is 0 Å². The molecule has 0 saturated heterocycles. The molecular formula is C25H42O3S. The van der Waals surface area contributed by atoms with Gasteiger partial charge in [0.25, 0.3) is 0 Å². The molecule has 0 aliphatic carbocycles. The van der Waals surface area contributed by atoms with Crippen molar-refractivity contribution in [2.75, 3.05) is 5.75 Å². The highest BCUT2D eigenvalue weighted by Gasteiger charge is 2.29. The van der Waals surface area contributed by atoms with Gasteiger partial charge in [-0.05, 0) is 58.4 Å². The van der Waals surface area contributed by atoms with Crippen LogP contribution in [0.1, 0.15) is 110 Å². The van der Waals surface area contributed by atoms with Gasteiger partial charge in [-0.15, -0.1) is 0 Å². The van der Waals surface area contributed by atoms with E-state index in [2.05, 4.69) is 68.0 Å². The molecule has 1 unspecified atom stereocenters. The van der Waals surface area contributed by atoms with Crippen LogP contribution in [0.5, 0.6) is 5.75 Å². The van der Waals surface area contributed by atoms with E-state index >= 15 is 0 Å². The number of phenols is 1. The highest BCUT2D eigenvalue weighted by atomic mass is 32.1. The van der Waals surface area contributed by atoms with Crippen molar-refractivity contribution >= 4 is 18.6 Å². The number of esters is 1. The van der Waals surface area contributed by atoms with Gasteiger partial charge < -0.3 is 9.84 Å². The second-order valence-corrected chi connectivity index (χ2v) is 10.9. The number of phenolic OH excluding ortho intramolecular Hbond substituents is 1. The zero-order valence-corrected chi connectivity index (χ0v) is 20.7. The maximum atomic E-state index is 12.1.